The minimum absolute atomic E-state index is 0.00108. The van der Waals surface area contributed by atoms with Crippen molar-refractivity contribution in [3.8, 4) is 0 Å². The van der Waals surface area contributed by atoms with Crippen LogP contribution in [0.5, 0.6) is 0 Å². The number of aliphatic carboxylic acids is 1. The van der Waals surface area contributed by atoms with Gasteiger partial charge in [0.2, 0.25) is 5.91 Å². The molecule has 1 heterocycles. The Morgan fingerprint density at radius 3 is 2.84 bits per heavy atom. The van der Waals surface area contributed by atoms with Crippen LogP contribution in [0.15, 0.2) is 29.2 Å². The molecule has 0 aromatic heterocycles. The number of carboxylic acids is 1. The fraction of sp³-hybridized carbons (Fsp3) is 0.429. The summed E-state index contributed by atoms with van der Waals surface area (Å²) in [5.74, 6) is -0.203. The normalized spacial score (nSPS) is 17.0. The number of benzene rings is 1. The average Bonchev–Trinajstić information content (AvgIpc) is 2.82. The van der Waals surface area contributed by atoms with Gasteiger partial charge in [-0.05, 0) is 18.6 Å². The first-order valence-electron chi connectivity index (χ1n) is 6.35. The summed E-state index contributed by atoms with van der Waals surface area (Å²) in [4.78, 5) is 25.9. The summed E-state index contributed by atoms with van der Waals surface area (Å²) in [6.07, 6.45) is 0.00108. The molecule has 0 saturated heterocycles. The Labute approximate surface area is 116 Å². The van der Waals surface area contributed by atoms with E-state index in [2.05, 4.69) is 0 Å². The van der Waals surface area contributed by atoms with Crippen molar-refractivity contribution in [2.75, 3.05) is 18.8 Å². The van der Waals surface area contributed by atoms with Crippen LogP contribution in [0.2, 0.25) is 0 Å². The molecular weight excluding hydrogens is 262 g/mol. The van der Waals surface area contributed by atoms with Crippen molar-refractivity contribution in [2.45, 2.75) is 24.2 Å². The zero-order valence-corrected chi connectivity index (χ0v) is 11.7. The first-order valence-corrected chi connectivity index (χ1v) is 7.34. The van der Waals surface area contributed by atoms with E-state index < -0.39 is 5.97 Å². The number of likely N-dealkylation sites (N-methyl/N-ethyl adjacent to an activating group) is 1. The Morgan fingerprint density at radius 2 is 2.16 bits per heavy atom. The van der Waals surface area contributed by atoms with Crippen molar-refractivity contribution in [3.05, 3.63) is 29.8 Å². The van der Waals surface area contributed by atoms with E-state index in [0.717, 1.165) is 16.2 Å². The standard InChI is InChI=1S/C14H17NO3S/c1-2-15(8-7-13(16)17)14(18)11-9-19-12-6-4-3-5-10(11)12/h3-6,11H,2,7-9H2,1H3,(H,16,17)/t11-/m1/s1. The van der Waals surface area contributed by atoms with Crippen LogP contribution in [0.3, 0.4) is 0 Å². The van der Waals surface area contributed by atoms with Crippen LogP contribution in [-0.2, 0) is 9.59 Å². The van der Waals surface area contributed by atoms with E-state index in [1.165, 1.54) is 0 Å². The van der Waals surface area contributed by atoms with E-state index >= 15 is 0 Å². The van der Waals surface area contributed by atoms with Crippen molar-refractivity contribution in [2.24, 2.45) is 0 Å². The van der Waals surface area contributed by atoms with Crippen molar-refractivity contribution >= 4 is 23.6 Å². The van der Waals surface area contributed by atoms with Crippen LogP contribution in [-0.4, -0.2) is 40.7 Å². The van der Waals surface area contributed by atoms with Gasteiger partial charge in [-0.3, -0.25) is 9.59 Å². The lowest BCUT2D eigenvalue weighted by atomic mass is 10.00. The molecule has 1 amide bonds. The molecular formula is C14H17NO3S. The van der Waals surface area contributed by atoms with E-state index in [-0.39, 0.29) is 24.8 Å². The van der Waals surface area contributed by atoms with Crippen molar-refractivity contribution in [3.63, 3.8) is 0 Å². The summed E-state index contributed by atoms with van der Waals surface area (Å²) in [6, 6.07) is 7.93. The molecule has 1 N–H and O–H groups in total. The van der Waals surface area contributed by atoms with Gasteiger partial charge in [0, 0.05) is 23.7 Å². The van der Waals surface area contributed by atoms with Crippen LogP contribution in [0.4, 0.5) is 0 Å². The molecule has 0 saturated carbocycles. The summed E-state index contributed by atoms with van der Waals surface area (Å²) in [5, 5.41) is 8.72. The number of thioether (sulfide) groups is 1. The molecule has 4 nitrogen and oxygen atoms in total. The first-order chi connectivity index (χ1) is 9.13. The van der Waals surface area contributed by atoms with E-state index in [1.54, 1.807) is 16.7 Å². The van der Waals surface area contributed by atoms with Crippen molar-refractivity contribution in [1.82, 2.24) is 4.90 Å². The third-order valence-electron chi connectivity index (χ3n) is 3.29. The molecule has 0 spiro atoms. The number of carbonyl (C=O) groups is 2. The number of hydrogen-bond donors (Lipinski definition) is 1. The summed E-state index contributed by atoms with van der Waals surface area (Å²) < 4.78 is 0. The molecule has 1 aliphatic rings. The highest BCUT2D eigenvalue weighted by atomic mass is 32.2. The zero-order chi connectivity index (χ0) is 13.8. The minimum atomic E-state index is -0.868. The lowest BCUT2D eigenvalue weighted by Gasteiger charge is -2.23. The number of fused-ring (bicyclic) bond motifs is 1. The van der Waals surface area contributed by atoms with E-state index in [4.69, 9.17) is 5.11 Å². The number of carbonyl (C=O) groups excluding carboxylic acids is 1. The molecule has 102 valence electrons. The maximum absolute atomic E-state index is 12.5. The van der Waals surface area contributed by atoms with Gasteiger partial charge >= 0.3 is 5.97 Å². The molecule has 0 aliphatic carbocycles. The van der Waals surface area contributed by atoms with Crippen molar-refractivity contribution in [1.29, 1.82) is 0 Å². The molecule has 0 bridgehead atoms. The highest BCUT2D eigenvalue weighted by Gasteiger charge is 2.31. The lowest BCUT2D eigenvalue weighted by molar-refractivity contribution is -0.138. The second-order valence-electron chi connectivity index (χ2n) is 4.46. The molecule has 0 radical (unpaired) electrons. The van der Waals surface area contributed by atoms with Gasteiger partial charge in [0.1, 0.15) is 0 Å². The van der Waals surface area contributed by atoms with Crippen LogP contribution >= 0.6 is 11.8 Å². The predicted molar refractivity (Wildman–Crippen MR) is 74.4 cm³/mol. The Morgan fingerprint density at radius 1 is 1.42 bits per heavy atom. The fourth-order valence-corrected chi connectivity index (χ4v) is 3.46. The monoisotopic (exact) mass is 279 g/mol. The molecule has 0 fully saturated rings. The number of rotatable bonds is 5. The number of amides is 1. The van der Waals surface area contributed by atoms with Crippen LogP contribution in [0, 0.1) is 0 Å². The van der Waals surface area contributed by atoms with E-state index in [1.807, 2.05) is 31.2 Å². The maximum Gasteiger partial charge on any atom is 0.305 e. The van der Waals surface area contributed by atoms with E-state index in [0.29, 0.717) is 6.54 Å². The Balaban J connectivity index is 2.09. The predicted octanol–water partition coefficient (Wildman–Crippen LogP) is 2.20. The average molecular weight is 279 g/mol. The largest absolute Gasteiger partial charge is 0.481 e. The van der Waals surface area contributed by atoms with Gasteiger partial charge in [0.15, 0.2) is 0 Å². The quantitative estimate of drug-likeness (QED) is 0.897. The number of nitrogens with zero attached hydrogens (tertiary/aromatic N) is 1. The van der Waals surface area contributed by atoms with Gasteiger partial charge in [-0.25, -0.2) is 0 Å². The molecule has 1 aromatic rings. The molecule has 1 aromatic carbocycles. The maximum atomic E-state index is 12.5. The second-order valence-corrected chi connectivity index (χ2v) is 5.52. The number of hydrogen-bond acceptors (Lipinski definition) is 3. The second kappa shape index (κ2) is 6.10. The lowest BCUT2D eigenvalue weighted by Crippen LogP contribution is -2.36. The third-order valence-corrected chi connectivity index (χ3v) is 4.47. The SMILES string of the molecule is CCN(CCC(=O)O)C(=O)[C@@H]1CSc2ccccc21. The third kappa shape index (κ3) is 3.10. The number of carboxylic acid groups (broad SMARTS) is 1. The molecule has 19 heavy (non-hydrogen) atoms. The Kier molecular flexibility index (Phi) is 4.47. The first kappa shape index (κ1) is 13.9. The summed E-state index contributed by atoms with van der Waals surface area (Å²) in [6.45, 7) is 2.72. The smallest absolute Gasteiger partial charge is 0.305 e. The highest BCUT2D eigenvalue weighted by Crippen LogP contribution is 2.40. The van der Waals surface area contributed by atoms with Crippen molar-refractivity contribution < 1.29 is 14.7 Å². The topological polar surface area (TPSA) is 57.6 Å². The van der Waals surface area contributed by atoms with Gasteiger partial charge in [-0.1, -0.05) is 18.2 Å². The van der Waals surface area contributed by atoms with Crippen LogP contribution in [0.25, 0.3) is 0 Å². The highest BCUT2D eigenvalue weighted by molar-refractivity contribution is 7.99. The Bertz CT molecular complexity index is 489. The van der Waals surface area contributed by atoms with Gasteiger partial charge in [-0.2, -0.15) is 0 Å². The fourth-order valence-electron chi connectivity index (χ4n) is 2.24. The molecule has 2 rings (SSSR count). The van der Waals surface area contributed by atoms with Gasteiger partial charge in [0.05, 0.1) is 12.3 Å². The molecule has 0 unspecified atom stereocenters. The van der Waals surface area contributed by atoms with Crippen LogP contribution in [0.1, 0.15) is 24.8 Å². The van der Waals surface area contributed by atoms with E-state index in [9.17, 15) is 9.59 Å². The molecule has 1 aliphatic heterocycles. The van der Waals surface area contributed by atoms with Crippen LogP contribution < -0.4 is 0 Å². The summed E-state index contributed by atoms with van der Waals surface area (Å²) in [7, 11) is 0. The summed E-state index contributed by atoms with van der Waals surface area (Å²) >= 11 is 1.69. The molecule has 5 heteroatoms. The van der Waals surface area contributed by atoms with Gasteiger partial charge in [-0.15, -0.1) is 11.8 Å². The van der Waals surface area contributed by atoms with Gasteiger partial charge < -0.3 is 10.0 Å². The van der Waals surface area contributed by atoms with Gasteiger partial charge in [0.25, 0.3) is 0 Å². The molecule has 1 atom stereocenters. The summed E-state index contributed by atoms with van der Waals surface area (Å²) in [5.41, 5.74) is 1.08. The minimum Gasteiger partial charge on any atom is -0.481 e. The Hall–Kier alpha value is -1.49. The zero-order valence-electron chi connectivity index (χ0n) is 10.8.